The van der Waals surface area contributed by atoms with Crippen molar-refractivity contribution < 1.29 is 27.8 Å². The van der Waals surface area contributed by atoms with E-state index >= 15 is 0 Å². The maximum Gasteiger partial charge on any atom is 0.346 e. The number of hydrogen-bond donors (Lipinski definition) is 0. The third kappa shape index (κ3) is 4.39. The Hall–Kier alpha value is -4.32. The lowest BCUT2D eigenvalue weighted by atomic mass is 10.0. The lowest BCUT2D eigenvalue weighted by Crippen LogP contribution is -2.12. The van der Waals surface area contributed by atoms with Crippen molar-refractivity contribution in [2.45, 2.75) is 0 Å². The Balaban J connectivity index is 1.67. The quantitative estimate of drug-likeness (QED) is 0.285. The minimum atomic E-state index is -0.864. The molecule has 158 valence electrons. The summed E-state index contributed by atoms with van der Waals surface area (Å²) in [5.41, 5.74) is 0.464. The van der Waals surface area contributed by atoms with Crippen molar-refractivity contribution in [2.75, 3.05) is 0 Å². The first-order valence-electron chi connectivity index (χ1n) is 9.66. The summed E-state index contributed by atoms with van der Waals surface area (Å²) in [6.07, 6.45) is 0. The van der Waals surface area contributed by atoms with E-state index in [9.17, 15) is 18.4 Å². The van der Waals surface area contributed by atoms with Crippen molar-refractivity contribution >= 4 is 11.9 Å². The Labute approximate surface area is 182 Å². The summed E-state index contributed by atoms with van der Waals surface area (Å²) in [7, 11) is 0. The predicted molar refractivity (Wildman–Crippen MR) is 115 cm³/mol. The molecule has 4 rings (SSSR count). The van der Waals surface area contributed by atoms with Crippen LogP contribution >= 0.6 is 0 Å². The molecular formula is C26H16F2O4. The maximum atomic E-state index is 14.0. The molecule has 0 amide bonds. The van der Waals surface area contributed by atoms with Gasteiger partial charge in [0, 0.05) is 11.1 Å². The molecule has 0 aliphatic heterocycles. The van der Waals surface area contributed by atoms with E-state index in [1.807, 2.05) is 0 Å². The largest absolute Gasteiger partial charge is 0.422 e. The van der Waals surface area contributed by atoms with Crippen LogP contribution < -0.4 is 9.47 Å². The fraction of sp³-hybridized carbons (Fsp3) is 0. The van der Waals surface area contributed by atoms with Crippen LogP contribution in [0.1, 0.15) is 20.7 Å². The molecule has 0 heterocycles. The molecule has 0 atom stereocenters. The van der Waals surface area contributed by atoms with Gasteiger partial charge in [-0.25, -0.2) is 18.4 Å². The maximum absolute atomic E-state index is 14.0. The van der Waals surface area contributed by atoms with Crippen molar-refractivity contribution in [3.8, 4) is 22.6 Å². The molecule has 0 saturated heterocycles. The molecule has 32 heavy (non-hydrogen) atoms. The van der Waals surface area contributed by atoms with Gasteiger partial charge in [0.1, 0.15) is 23.1 Å². The van der Waals surface area contributed by atoms with Crippen molar-refractivity contribution in [1.29, 1.82) is 0 Å². The fourth-order valence-electron chi connectivity index (χ4n) is 3.12. The smallest absolute Gasteiger partial charge is 0.346 e. The normalized spacial score (nSPS) is 10.4. The average Bonchev–Trinajstić information content (AvgIpc) is 2.80. The van der Waals surface area contributed by atoms with Crippen LogP contribution in [0.15, 0.2) is 97.1 Å². The number of esters is 2. The summed E-state index contributed by atoms with van der Waals surface area (Å²) in [6.45, 7) is 0. The number of ether oxygens (including phenoxy) is 2. The highest BCUT2D eigenvalue weighted by molar-refractivity contribution is 5.94. The Kier molecular flexibility index (Phi) is 6.03. The van der Waals surface area contributed by atoms with Gasteiger partial charge in [-0.2, -0.15) is 0 Å². The molecular weight excluding hydrogens is 414 g/mol. The Morgan fingerprint density at radius 2 is 0.844 bits per heavy atom. The monoisotopic (exact) mass is 430 g/mol. The van der Waals surface area contributed by atoms with Crippen molar-refractivity contribution in [2.24, 2.45) is 0 Å². The molecule has 0 fully saturated rings. The van der Waals surface area contributed by atoms with E-state index in [0.717, 1.165) is 0 Å². The summed E-state index contributed by atoms with van der Waals surface area (Å²) in [5, 5.41) is 0. The standard InChI is InChI=1S/C26H16F2O4/c27-21-13-5-1-11-19(21)25(29)31-23-15-7-3-9-17(23)18-10-4-8-16-24(18)32-26(30)20-12-2-6-14-22(20)28/h1-16H. The lowest BCUT2D eigenvalue weighted by molar-refractivity contribution is 0.0718. The first kappa shape index (κ1) is 20.9. The number of carbonyl (C=O) groups is 2. The van der Waals surface area contributed by atoms with Gasteiger partial charge >= 0.3 is 11.9 Å². The third-order valence-electron chi connectivity index (χ3n) is 4.66. The van der Waals surface area contributed by atoms with Crippen LogP contribution in [0.2, 0.25) is 0 Å². The van der Waals surface area contributed by atoms with Gasteiger partial charge in [0.25, 0.3) is 0 Å². The molecule has 0 unspecified atom stereocenters. The first-order chi connectivity index (χ1) is 15.5. The molecule has 0 aliphatic carbocycles. The number of benzene rings is 4. The second kappa shape index (κ2) is 9.22. The highest BCUT2D eigenvalue weighted by atomic mass is 19.1. The zero-order valence-corrected chi connectivity index (χ0v) is 16.6. The minimum Gasteiger partial charge on any atom is -0.422 e. The molecule has 4 nitrogen and oxygen atoms in total. The van der Waals surface area contributed by atoms with Crippen molar-refractivity contribution in [3.63, 3.8) is 0 Å². The van der Waals surface area contributed by atoms with Gasteiger partial charge < -0.3 is 9.47 Å². The molecule has 6 heteroatoms. The SMILES string of the molecule is O=C(Oc1ccccc1-c1ccccc1OC(=O)c1ccccc1F)c1ccccc1F. The molecule has 0 N–H and O–H groups in total. The van der Waals surface area contributed by atoms with E-state index in [4.69, 9.17) is 9.47 Å². The molecule has 0 radical (unpaired) electrons. The van der Waals surface area contributed by atoms with E-state index in [2.05, 4.69) is 0 Å². The van der Waals surface area contributed by atoms with Gasteiger partial charge in [0.2, 0.25) is 0 Å². The van der Waals surface area contributed by atoms with Crippen LogP contribution in [0, 0.1) is 11.6 Å². The van der Waals surface area contributed by atoms with Gasteiger partial charge in [-0.3, -0.25) is 0 Å². The molecule has 0 bridgehead atoms. The molecule has 0 saturated carbocycles. The molecule has 0 aliphatic rings. The number of halogens is 2. The van der Waals surface area contributed by atoms with E-state index in [1.165, 1.54) is 48.5 Å². The van der Waals surface area contributed by atoms with Crippen LogP contribution in [0.25, 0.3) is 11.1 Å². The average molecular weight is 430 g/mol. The fourth-order valence-corrected chi connectivity index (χ4v) is 3.12. The number of hydrogen-bond acceptors (Lipinski definition) is 4. The summed E-state index contributed by atoms with van der Waals surface area (Å²) < 4.78 is 38.9. The second-order valence-electron chi connectivity index (χ2n) is 6.73. The summed E-state index contributed by atoms with van der Waals surface area (Å²) in [5.74, 6) is -2.83. The van der Waals surface area contributed by atoms with Gasteiger partial charge in [-0.1, -0.05) is 60.7 Å². The number of rotatable bonds is 5. The van der Waals surface area contributed by atoms with Gasteiger partial charge in [-0.15, -0.1) is 0 Å². The third-order valence-corrected chi connectivity index (χ3v) is 4.66. The summed E-state index contributed by atoms with van der Waals surface area (Å²) >= 11 is 0. The highest BCUT2D eigenvalue weighted by Gasteiger charge is 2.20. The second-order valence-corrected chi connectivity index (χ2v) is 6.73. The predicted octanol–water partition coefficient (Wildman–Crippen LogP) is 6.07. The van der Waals surface area contributed by atoms with Crippen LogP contribution in [-0.4, -0.2) is 11.9 Å². The van der Waals surface area contributed by atoms with E-state index < -0.39 is 23.6 Å². The summed E-state index contributed by atoms with van der Waals surface area (Å²) in [4.78, 5) is 25.0. The van der Waals surface area contributed by atoms with Crippen LogP contribution in [0.3, 0.4) is 0 Å². The Bertz CT molecular complexity index is 1200. The van der Waals surface area contributed by atoms with Gasteiger partial charge in [-0.05, 0) is 36.4 Å². The Morgan fingerprint density at radius 3 is 1.25 bits per heavy atom. The summed E-state index contributed by atoms with van der Waals surface area (Å²) in [6, 6.07) is 24.1. The number of para-hydroxylation sites is 2. The van der Waals surface area contributed by atoms with E-state index in [1.54, 1.807) is 48.5 Å². The molecule has 0 spiro atoms. The van der Waals surface area contributed by atoms with Crippen LogP contribution in [0.5, 0.6) is 11.5 Å². The van der Waals surface area contributed by atoms with Gasteiger partial charge in [0.05, 0.1) is 11.1 Å². The van der Waals surface area contributed by atoms with E-state index in [0.29, 0.717) is 11.1 Å². The zero-order valence-electron chi connectivity index (χ0n) is 16.6. The lowest BCUT2D eigenvalue weighted by Gasteiger charge is -2.14. The van der Waals surface area contributed by atoms with Crippen molar-refractivity contribution in [1.82, 2.24) is 0 Å². The molecule has 0 aromatic heterocycles. The first-order valence-corrected chi connectivity index (χ1v) is 9.66. The zero-order chi connectivity index (χ0) is 22.5. The Morgan fingerprint density at radius 1 is 0.500 bits per heavy atom. The van der Waals surface area contributed by atoms with Crippen LogP contribution in [0.4, 0.5) is 8.78 Å². The van der Waals surface area contributed by atoms with Crippen molar-refractivity contribution in [3.05, 3.63) is 120 Å². The topological polar surface area (TPSA) is 52.6 Å². The molecule has 4 aromatic carbocycles. The molecule has 4 aromatic rings. The number of carbonyl (C=O) groups excluding carboxylic acids is 2. The van der Waals surface area contributed by atoms with Gasteiger partial charge in [0.15, 0.2) is 0 Å². The highest BCUT2D eigenvalue weighted by Crippen LogP contribution is 2.37. The van der Waals surface area contributed by atoms with E-state index in [-0.39, 0.29) is 22.6 Å². The minimum absolute atomic E-state index is 0.148. The van der Waals surface area contributed by atoms with Crippen LogP contribution in [-0.2, 0) is 0 Å².